The van der Waals surface area contributed by atoms with E-state index in [4.69, 9.17) is 23.2 Å². The summed E-state index contributed by atoms with van der Waals surface area (Å²) in [5, 5.41) is 13.3. The standard InChI is InChI=1S/C10H5Cl2FN4O2/c11-5-1-2-7(6(13)3-5)15-9-8(17(18)19)4-14-10(12)16-9/h1-4H,(H,14,15,16). The summed E-state index contributed by atoms with van der Waals surface area (Å²) >= 11 is 11.2. The van der Waals surface area contributed by atoms with E-state index < -0.39 is 16.4 Å². The number of nitro groups is 1. The number of rotatable bonds is 3. The Kier molecular flexibility index (Phi) is 3.77. The summed E-state index contributed by atoms with van der Waals surface area (Å²) in [7, 11) is 0. The molecule has 98 valence electrons. The highest BCUT2D eigenvalue weighted by Crippen LogP contribution is 2.28. The highest BCUT2D eigenvalue weighted by molar-refractivity contribution is 6.30. The molecule has 0 bridgehead atoms. The molecule has 2 aromatic rings. The highest BCUT2D eigenvalue weighted by atomic mass is 35.5. The fourth-order valence-corrected chi connectivity index (χ4v) is 1.59. The van der Waals surface area contributed by atoms with Crippen LogP contribution in [0.4, 0.5) is 21.6 Å². The van der Waals surface area contributed by atoms with Crippen LogP contribution in [0.25, 0.3) is 0 Å². The zero-order valence-corrected chi connectivity index (χ0v) is 10.6. The van der Waals surface area contributed by atoms with Gasteiger partial charge in [0, 0.05) is 5.02 Å². The van der Waals surface area contributed by atoms with Crippen molar-refractivity contribution in [1.82, 2.24) is 9.97 Å². The van der Waals surface area contributed by atoms with Gasteiger partial charge in [0.1, 0.15) is 12.0 Å². The van der Waals surface area contributed by atoms with E-state index in [0.717, 1.165) is 12.3 Å². The Hall–Kier alpha value is -1.99. The molecule has 0 spiro atoms. The number of anilines is 2. The molecule has 0 aliphatic heterocycles. The van der Waals surface area contributed by atoms with Crippen molar-refractivity contribution >= 4 is 40.4 Å². The van der Waals surface area contributed by atoms with Crippen molar-refractivity contribution in [1.29, 1.82) is 0 Å². The quantitative estimate of drug-likeness (QED) is 0.532. The Morgan fingerprint density at radius 3 is 2.74 bits per heavy atom. The molecule has 0 aliphatic rings. The summed E-state index contributed by atoms with van der Waals surface area (Å²) in [6.07, 6.45) is 0.936. The van der Waals surface area contributed by atoms with Crippen molar-refractivity contribution in [3.05, 3.63) is 50.6 Å². The fraction of sp³-hybridized carbons (Fsp3) is 0. The maximum atomic E-state index is 13.6. The minimum absolute atomic E-state index is 0.0118. The molecule has 0 radical (unpaired) electrons. The van der Waals surface area contributed by atoms with Gasteiger partial charge in [0.25, 0.3) is 0 Å². The second-order valence-electron chi connectivity index (χ2n) is 3.38. The Bertz CT molecular complexity index is 653. The van der Waals surface area contributed by atoms with E-state index in [-0.39, 0.29) is 21.8 Å². The molecule has 9 heteroatoms. The van der Waals surface area contributed by atoms with Gasteiger partial charge in [-0.15, -0.1) is 0 Å². The molecule has 0 saturated carbocycles. The third-order valence-electron chi connectivity index (χ3n) is 2.12. The van der Waals surface area contributed by atoms with Gasteiger partial charge in [-0.25, -0.2) is 9.37 Å². The van der Waals surface area contributed by atoms with Gasteiger partial charge in [0.05, 0.1) is 10.6 Å². The van der Waals surface area contributed by atoms with Crippen LogP contribution in [0.15, 0.2) is 24.4 Å². The van der Waals surface area contributed by atoms with E-state index >= 15 is 0 Å². The summed E-state index contributed by atoms with van der Waals surface area (Å²) < 4.78 is 13.6. The van der Waals surface area contributed by atoms with Crippen LogP contribution < -0.4 is 5.32 Å². The lowest BCUT2D eigenvalue weighted by Crippen LogP contribution is -2.02. The van der Waals surface area contributed by atoms with E-state index in [1.54, 1.807) is 0 Å². The number of nitrogens with one attached hydrogen (secondary N) is 1. The van der Waals surface area contributed by atoms with Gasteiger partial charge in [-0.1, -0.05) is 11.6 Å². The predicted molar refractivity (Wildman–Crippen MR) is 68.4 cm³/mol. The summed E-state index contributed by atoms with van der Waals surface area (Å²) in [4.78, 5) is 17.2. The van der Waals surface area contributed by atoms with E-state index in [1.807, 2.05) is 0 Å². The molecule has 2 rings (SSSR count). The van der Waals surface area contributed by atoms with Crippen molar-refractivity contribution in [2.24, 2.45) is 0 Å². The van der Waals surface area contributed by atoms with Crippen molar-refractivity contribution < 1.29 is 9.31 Å². The summed E-state index contributed by atoms with van der Waals surface area (Å²) in [5.41, 5.74) is -0.430. The summed E-state index contributed by atoms with van der Waals surface area (Å²) in [6, 6.07) is 3.83. The van der Waals surface area contributed by atoms with Crippen LogP contribution in [-0.2, 0) is 0 Å². The first kappa shape index (κ1) is 13.4. The number of hydrogen-bond donors (Lipinski definition) is 1. The molecule has 0 aliphatic carbocycles. The average Bonchev–Trinajstić information content (AvgIpc) is 2.32. The largest absolute Gasteiger partial charge is 0.332 e. The molecule has 6 nitrogen and oxygen atoms in total. The Balaban J connectivity index is 2.42. The average molecular weight is 303 g/mol. The molecule has 0 amide bonds. The fourth-order valence-electron chi connectivity index (χ4n) is 1.30. The molecule has 1 heterocycles. The Morgan fingerprint density at radius 2 is 2.11 bits per heavy atom. The second kappa shape index (κ2) is 5.33. The third-order valence-corrected chi connectivity index (χ3v) is 2.54. The van der Waals surface area contributed by atoms with E-state index in [2.05, 4.69) is 15.3 Å². The van der Waals surface area contributed by atoms with Crippen molar-refractivity contribution in [2.75, 3.05) is 5.32 Å². The van der Waals surface area contributed by atoms with Crippen LogP contribution in [0.1, 0.15) is 0 Å². The topological polar surface area (TPSA) is 81.0 Å². The lowest BCUT2D eigenvalue weighted by molar-refractivity contribution is -0.384. The molecule has 0 saturated heterocycles. The highest BCUT2D eigenvalue weighted by Gasteiger charge is 2.18. The van der Waals surface area contributed by atoms with Gasteiger partial charge in [-0.2, -0.15) is 4.98 Å². The van der Waals surface area contributed by atoms with Crippen molar-refractivity contribution in [2.45, 2.75) is 0 Å². The molecule has 0 unspecified atom stereocenters. The maximum absolute atomic E-state index is 13.6. The monoisotopic (exact) mass is 302 g/mol. The number of halogens is 3. The molecule has 1 N–H and O–H groups in total. The van der Waals surface area contributed by atoms with Gasteiger partial charge in [-0.05, 0) is 29.8 Å². The molecule has 1 aromatic heterocycles. The molecule has 0 atom stereocenters. The first-order chi connectivity index (χ1) is 8.97. The lowest BCUT2D eigenvalue weighted by Gasteiger charge is -2.07. The van der Waals surface area contributed by atoms with Crippen molar-refractivity contribution in [3.63, 3.8) is 0 Å². The van der Waals surface area contributed by atoms with Crippen LogP contribution in [0.5, 0.6) is 0 Å². The Labute approximate surface area is 116 Å². The summed E-state index contributed by atoms with van der Waals surface area (Å²) in [5.74, 6) is -0.872. The molecule has 19 heavy (non-hydrogen) atoms. The smallest absolute Gasteiger partial charge is 0.329 e. The molecular weight excluding hydrogens is 298 g/mol. The van der Waals surface area contributed by atoms with Crippen LogP contribution in [-0.4, -0.2) is 14.9 Å². The molecule has 1 aromatic carbocycles. The summed E-state index contributed by atoms with van der Waals surface area (Å²) in [6.45, 7) is 0. The first-order valence-corrected chi connectivity index (χ1v) is 5.62. The second-order valence-corrected chi connectivity index (χ2v) is 4.15. The van der Waals surface area contributed by atoms with Crippen molar-refractivity contribution in [3.8, 4) is 0 Å². The Morgan fingerprint density at radius 1 is 1.37 bits per heavy atom. The van der Waals surface area contributed by atoms with E-state index in [9.17, 15) is 14.5 Å². The SMILES string of the molecule is O=[N+]([O-])c1cnc(Cl)nc1Nc1ccc(Cl)cc1F. The van der Waals surface area contributed by atoms with Crippen LogP contribution in [0.3, 0.4) is 0 Å². The van der Waals surface area contributed by atoms with Crippen LogP contribution >= 0.6 is 23.2 Å². The van der Waals surface area contributed by atoms with Gasteiger partial charge < -0.3 is 5.32 Å². The zero-order valence-electron chi connectivity index (χ0n) is 9.10. The zero-order chi connectivity index (χ0) is 14.0. The molecular formula is C10H5Cl2FN4O2. The molecule has 0 fully saturated rings. The van der Waals surface area contributed by atoms with Crippen LogP contribution in [0, 0.1) is 15.9 Å². The van der Waals surface area contributed by atoms with E-state index in [1.165, 1.54) is 12.1 Å². The number of benzene rings is 1. The minimum Gasteiger partial charge on any atom is -0.332 e. The predicted octanol–water partition coefficient (Wildman–Crippen LogP) is 3.57. The van der Waals surface area contributed by atoms with Crippen LogP contribution in [0.2, 0.25) is 10.3 Å². The lowest BCUT2D eigenvalue weighted by atomic mass is 10.3. The maximum Gasteiger partial charge on any atom is 0.329 e. The number of hydrogen-bond acceptors (Lipinski definition) is 5. The minimum atomic E-state index is -0.702. The third kappa shape index (κ3) is 3.07. The number of aromatic nitrogens is 2. The van der Waals surface area contributed by atoms with Gasteiger partial charge in [-0.3, -0.25) is 10.1 Å². The van der Waals surface area contributed by atoms with E-state index in [0.29, 0.717) is 0 Å². The first-order valence-electron chi connectivity index (χ1n) is 4.86. The van der Waals surface area contributed by atoms with Gasteiger partial charge in [0.2, 0.25) is 11.1 Å². The van der Waals surface area contributed by atoms with Gasteiger partial charge >= 0.3 is 5.69 Å². The number of nitrogens with zero attached hydrogens (tertiary/aromatic N) is 3. The normalized spacial score (nSPS) is 10.3. The van der Waals surface area contributed by atoms with Gasteiger partial charge in [0.15, 0.2) is 0 Å².